The molecule has 2 heterocycles. The smallest absolute Gasteiger partial charge is 0.411 e. The second kappa shape index (κ2) is 18.4. The molecule has 7 rings (SSSR count). The maximum Gasteiger partial charge on any atom is 0.411 e. The topological polar surface area (TPSA) is 136 Å². The first-order valence-corrected chi connectivity index (χ1v) is 24.4. The standard InChI is InChI=1S/C49H61N5O6Si/c1-48(2,3)61(5,6)60-43(39-20-22-42(55)45-40(39)21-23-44(56)52-45)32-50-26-29-53(4)46(57)36-18-16-34(17-19-36)33-54-27-24-49(25-28-54)30-37(31-49)59-47(58)51-41-15-11-10-14-38(41)35-12-8-7-9-13-35/h7-23,37,43,50,55H,24-33H2,1-6H3,(H,51,58)(H,52,56)/t43-/m0/s1. The fraction of sp³-hybridized carbons (Fsp3) is 0.408. The summed E-state index contributed by atoms with van der Waals surface area (Å²) in [5.74, 6) is -0.0178. The van der Waals surface area contributed by atoms with E-state index in [1.165, 1.54) is 11.6 Å². The Balaban J connectivity index is 0.852. The van der Waals surface area contributed by atoms with Crippen LogP contribution >= 0.6 is 0 Å². The molecule has 1 aliphatic heterocycles. The van der Waals surface area contributed by atoms with Crippen LogP contribution in [-0.4, -0.2) is 86.1 Å². The minimum atomic E-state index is -2.22. The highest BCUT2D eigenvalue weighted by Gasteiger charge is 2.47. The number of likely N-dealkylation sites (N-methyl/N-ethyl adjacent to an activating group) is 1. The van der Waals surface area contributed by atoms with Gasteiger partial charge in [-0.3, -0.25) is 19.8 Å². The number of carbonyl (C=O) groups is 2. The van der Waals surface area contributed by atoms with E-state index in [1.807, 2.05) is 79.8 Å². The van der Waals surface area contributed by atoms with Gasteiger partial charge < -0.3 is 29.5 Å². The first-order valence-electron chi connectivity index (χ1n) is 21.5. The third-order valence-corrected chi connectivity index (χ3v) is 17.7. The van der Waals surface area contributed by atoms with E-state index in [2.05, 4.69) is 66.5 Å². The molecule has 1 aromatic heterocycles. The molecule has 322 valence electrons. The van der Waals surface area contributed by atoms with E-state index < -0.39 is 14.4 Å². The largest absolute Gasteiger partial charge is 0.506 e. The zero-order valence-corrected chi connectivity index (χ0v) is 37.4. The summed E-state index contributed by atoms with van der Waals surface area (Å²) in [6.07, 6.45) is 3.17. The number of pyridine rings is 1. The number of hydrogen-bond acceptors (Lipinski definition) is 8. The number of aromatic amines is 1. The molecule has 1 atom stereocenters. The molecule has 5 aromatic rings. The lowest BCUT2D eigenvalue weighted by molar-refractivity contribution is -0.0714. The number of hydrogen-bond donors (Lipinski definition) is 4. The van der Waals surface area contributed by atoms with Crippen LogP contribution in [0, 0.1) is 5.41 Å². The molecule has 4 N–H and O–H groups in total. The van der Waals surface area contributed by atoms with Crippen LogP contribution in [0.2, 0.25) is 18.1 Å². The molecule has 0 bridgehead atoms. The number of carbonyl (C=O) groups excluding carboxylic acids is 2. The van der Waals surface area contributed by atoms with Crippen molar-refractivity contribution in [2.45, 2.75) is 83.3 Å². The number of benzene rings is 4. The predicted octanol–water partition coefficient (Wildman–Crippen LogP) is 9.32. The number of aromatic nitrogens is 1. The highest BCUT2D eigenvalue weighted by molar-refractivity contribution is 6.74. The lowest BCUT2D eigenvalue weighted by atomic mass is 9.61. The van der Waals surface area contributed by atoms with Crippen LogP contribution in [0.1, 0.15) is 74.0 Å². The molecule has 2 fully saturated rings. The first-order chi connectivity index (χ1) is 29.1. The van der Waals surface area contributed by atoms with Gasteiger partial charge in [-0.1, -0.05) is 87.5 Å². The van der Waals surface area contributed by atoms with Gasteiger partial charge >= 0.3 is 6.09 Å². The van der Waals surface area contributed by atoms with Gasteiger partial charge in [0.05, 0.1) is 17.3 Å². The highest BCUT2D eigenvalue weighted by atomic mass is 28.4. The van der Waals surface area contributed by atoms with Gasteiger partial charge in [0.15, 0.2) is 8.32 Å². The Kier molecular flexibility index (Phi) is 13.2. The Morgan fingerprint density at radius 1 is 0.934 bits per heavy atom. The molecule has 1 spiro atoms. The molecule has 12 heteroatoms. The molecule has 61 heavy (non-hydrogen) atoms. The number of likely N-dealkylation sites (tertiary alicyclic amines) is 1. The number of rotatable bonds is 14. The average Bonchev–Trinajstić information content (AvgIpc) is 3.22. The molecule has 0 radical (unpaired) electrons. The lowest BCUT2D eigenvalue weighted by Crippen LogP contribution is -2.50. The van der Waals surface area contributed by atoms with Gasteiger partial charge in [-0.2, -0.15) is 0 Å². The fourth-order valence-corrected chi connectivity index (χ4v) is 9.71. The number of aromatic hydroxyl groups is 1. The highest BCUT2D eigenvalue weighted by Crippen LogP contribution is 2.50. The number of para-hydroxylation sites is 1. The molecule has 1 saturated heterocycles. The van der Waals surface area contributed by atoms with Crippen LogP contribution in [0.5, 0.6) is 5.75 Å². The van der Waals surface area contributed by atoms with E-state index in [0.717, 1.165) is 73.1 Å². The SMILES string of the molecule is CN(CCNC[C@H](O[Si](C)(C)C(C)(C)C)c1ccc(O)c2[nH]c(=O)ccc12)C(=O)c1ccc(CN2CCC3(CC2)CC(OC(=O)Nc2ccccc2-c2ccccc2)C3)cc1. The van der Waals surface area contributed by atoms with Crippen molar-refractivity contribution in [3.05, 3.63) is 130 Å². The molecule has 11 nitrogen and oxygen atoms in total. The summed E-state index contributed by atoms with van der Waals surface area (Å²) in [4.78, 5) is 45.4. The summed E-state index contributed by atoms with van der Waals surface area (Å²) in [5, 5.41) is 17.7. The number of piperidine rings is 1. The maximum atomic E-state index is 13.4. The number of anilines is 1. The lowest BCUT2D eigenvalue weighted by Gasteiger charge is -2.51. The first kappa shape index (κ1) is 43.8. The van der Waals surface area contributed by atoms with E-state index in [4.69, 9.17) is 9.16 Å². The average molecular weight is 844 g/mol. The normalized spacial score (nSPS) is 16.2. The second-order valence-corrected chi connectivity index (χ2v) is 23.3. The van der Waals surface area contributed by atoms with Crippen molar-refractivity contribution >= 4 is 36.9 Å². The van der Waals surface area contributed by atoms with Crippen molar-refractivity contribution in [2.75, 3.05) is 45.1 Å². The number of ether oxygens (including phenoxy) is 1. The van der Waals surface area contributed by atoms with E-state index in [-0.39, 0.29) is 39.9 Å². The number of phenolic OH excluding ortho intramolecular Hbond substituents is 1. The van der Waals surface area contributed by atoms with Gasteiger partial charge in [0.2, 0.25) is 5.56 Å². The molecule has 1 aliphatic carbocycles. The third-order valence-electron chi connectivity index (χ3n) is 13.2. The molecule has 2 amide bonds. The Morgan fingerprint density at radius 2 is 1.62 bits per heavy atom. The van der Waals surface area contributed by atoms with Crippen molar-refractivity contribution in [1.29, 1.82) is 0 Å². The van der Waals surface area contributed by atoms with Gasteiger partial charge in [-0.15, -0.1) is 0 Å². The van der Waals surface area contributed by atoms with Gasteiger partial charge in [-0.25, -0.2) is 4.79 Å². The zero-order chi connectivity index (χ0) is 43.4. The van der Waals surface area contributed by atoms with Crippen LogP contribution < -0.4 is 16.2 Å². The number of nitrogens with one attached hydrogen (secondary N) is 3. The van der Waals surface area contributed by atoms with Crippen molar-refractivity contribution in [3.63, 3.8) is 0 Å². The Hall–Kier alpha value is -5.27. The van der Waals surface area contributed by atoms with Gasteiger partial charge in [0.25, 0.3) is 5.91 Å². The van der Waals surface area contributed by atoms with Gasteiger partial charge in [0.1, 0.15) is 11.9 Å². The number of fused-ring (bicyclic) bond motifs is 1. The van der Waals surface area contributed by atoms with Crippen LogP contribution in [0.15, 0.2) is 108 Å². The summed E-state index contributed by atoms with van der Waals surface area (Å²) in [7, 11) is -0.396. The molecule has 1 saturated carbocycles. The number of nitrogens with zero attached hydrogens (tertiary/aromatic N) is 2. The molecular formula is C49H61N5O6Si. The van der Waals surface area contributed by atoms with Gasteiger partial charge in [0, 0.05) is 55.8 Å². The summed E-state index contributed by atoms with van der Waals surface area (Å²) in [6, 6.07) is 32.5. The minimum Gasteiger partial charge on any atom is -0.506 e. The van der Waals surface area contributed by atoms with Crippen molar-refractivity contribution in [2.24, 2.45) is 5.41 Å². The van der Waals surface area contributed by atoms with E-state index in [0.29, 0.717) is 30.7 Å². The summed E-state index contributed by atoms with van der Waals surface area (Å²) >= 11 is 0. The summed E-state index contributed by atoms with van der Waals surface area (Å²) in [6.45, 7) is 15.4. The number of amides is 2. The Morgan fingerprint density at radius 3 is 2.33 bits per heavy atom. The van der Waals surface area contributed by atoms with E-state index >= 15 is 0 Å². The second-order valence-electron chi connectivity index (χ2n) is 18.5. The summed E-state index contributed by atoms with van der Waals surface area (Å²) in [5.41, 5.74) is 5.83. The van der Waals surface area contributed by atoms with Crippen molar-refractivity contribution < 1.29 is 23.9 Å². The van der Waals surface area contributed by atoms with Crippen LogP contribution in [0.25, 0.3) is 22.0 Å². The van der Waals surface area contributed by atoms with Crippen molar-refractivity contribution in [1.82, 2.24) is 20.1 Å². The van der Waals surface area contributed by atoms with E-state index in [1.54, 1.807) is 17.0 Å². The minimum absolute atomic E-state index is 0.0177. The molecular weight excluding hydrogens is 783 g/mol. The van der Waals surface area contributed by atoms with Crippen LogP contribution in [-0.2, 0) is 15.7 Å². The predicted molar refractivity (Wildman–Crippen MR) is 245 cm³/mol. The fourth-order valence-electron chi connectivity index (χ4n) is 8.44. The van der Waals surface area contributed by atoms with Crippen LogP contribution in [0.3, 0.4) is 0 Å². The van der Waals surface area contributed by atoms with Crippen LogP contribution in [0.4, 0.5) is 10.5 Å². The summed E-state index contributed by atoms with van der Waals surface area (Å²) < 4.78 is 12.8. The zero-order valence-electron chi connectivity index (χ0n) is 36.4. The molecule has 0 unspecified atom stereocenters. The Bertz CT molecular complexity index is 2360. The number of phenols is 1. The number of H-pyrrole nitrogens is 1. The molecule has 4 aromatic carbocycles. The molecule has 2 aliphatic rings. The van der Waals surface area contributed by atoms with Crippen molar-refractivity contribution in [3.8, 4) is 16.9 Å². The Labute approximate surface area is 360 Å². The maximum absolute atomic E-state index is 13.4. The third kappa shape index (κ3) is 10.4. The van der Waals surface area contributed by atoms with Gasteiger partial charge in [-0.05, 0) is 109 Å². The quantitative estimate of drug-likeness (QED) is 0.0642. The van der Waals surface area contributed by atoms with E-state index in [9.17, 15) is 19.5 Å². The monoisotopic (exact) mass is 843 g/mol.